The molecule has 0 aliphatic heterocycles. The smallest absolute Gasteiger partial charge is 0.0591 e. The molecule has 0 fully saturated rings. The van der Waals surface area contributed by atoms with E-state index in [0.717, 1.165) is 30.7 Å². The van der Waals surface area contributed by atoms with E-state index in [1.807, 2.05) is 6.07 Å². The average Bonchev–Trinajstić information content (AvgIpc) is 2.28. The molecular formula is C13H20BrNO. The van der Waals surface area contributed by atoms with E-state index >= 15 is 0 Å². The highest BCUT2D eigenvalue weighted by molar-refractivity contribution is 9.10. The monoisotopic (exact) mass is 285 g/mol. The van der Waals surface area contributed by atoms with Gasteiger partial charge in [0.1, 0.15) is 0 Å². The second kappa shape index (κ2) is 7.82. The minimum Gasteiger partial charge on any atom is -0.380 e. The highest BCUT2D eigenvalue weighted by atomic mass is 79.9. The molecule has 0 spiro atoms. The van der Waals surface area contributed by atoms with Gasteiger partial charge >= 0.3 is 0 Å². The van der Waals surface area contributed by atoms with E-state index in [9.17, 15) is 0 Å². The van der Waals surface area contributed by atoms with Crippen LogP contribution in [0.5, 0.6) is 0 Å². The molecule has 0 unspecified atom stereocenters. The lowest BCUT2D eigenvalue weighted by molar-refractivity contribution is 0.135. The molecule has 1 atom stereocenters. The minimum absolute atomic E-state index is 0.364. The molecule has 16 heavy (non-hydrogen) atoms. The normalized spacial score (nSPS) is 12.7. The molecule has 3 heteroatoms. The van der Waals surface area contributed by atoms with Crippen LogP contribution >= 0.6 is 15.9 Å². The van der Waals surface area contributed by atoms with E-state index in [1.165, 1.54) is 5.56 Å². The number of ether oxygens (including phenoxy) is 1. The zero-order valence-corrected chi connectivity index (χ0v) is 11.6. The van der Waals surface area contributed by atoms with Gasteiger partial charge in [0.05, 0.1) is 6.61 Å². The number of benzene rings is 1. The molecule has 1 N–H and O–H groups in total. The van der Waals surface area contributed by atoms with Crippen LogP contribution in [-0.2, 0) is 4.74 Å². The second-order valence-electron chi connectivity index (χ2n) is 3.84. The average molecular weight is 286 g/mol. The maximum atomic E-state index is 5.42. The van der Waals surface area contributed by atoms with E-state index in [1.54, 1.807) is 0 Å². The van der Waals surface area contributed by atoms with Crippen molar-refractivity contribution in [2.45, 2.75) is 26.3 Å². The van der Waals surface area contributed by atoms with Crippen molar-refractivity contribution in [2.24, 2.45) is 0 Å². The molecular weight excluding hydrogens is 266 g/mol. The summed E-state index contributed by atoms with van der Waals surface area (Å²) in [6.45, 7) is 6.83. The molecule has 1 rings (SSSR count). The molecule has 0 bridgehead atoms. The van der Waals surface area contributed by atoms with Crippen LogP contribution in [0.1, 0.15) is 31.9 Å². The first-order valence-electron chi connectivity index (χ1n) is 5.80. The molecule has 0 aromatic heterocycles. The Labute approximate surface area is 107 Å². The fourth-order valence-corrected chi connectivity index (χ4v) is 1.90. The summed E-state index contributed by atoms with van der Waals surface area (Å²) in [6.07, 6.45) is 1.08. The summed E-state index contributed by atoms with van der Waals surface area (Å²) in [4.78, 5) is 0. The SMILES string of the molecule is CCCOCCN[C@@H](C)c1cccc(Br)c1. The quantitative estimate of drug-likeness (QED) is 0.774. The van der Waals surface area contributed by atoms with Gasteiger partial charge in [-0.1, -0.05) is 35.0 Å². The Morgan fingerprint density at radius 2 is 2.19 bits per heavy atom. The van der Waals surface area contributed by atoms with Crippen LogP contribution in [0, 0.1) is 0 Å². The van der Waals surface area contributed by atoms with Gasteiger partial charge in [0.25, 0.3) is 0 Å². The van der Waals surface area contributed by atoms with Gasteiger partial charge in [-0.3, -0.25) is 0 Å². The number of rotatable bonds is 7. The van der Waals surface area contributed by atoms with E-state index in [4.69, 9.17) is 4.74 Å². The van der Waals surface area contributed by atoms with Gasteiger partial charge in [0.15, 0.2) is 0 Å². The fraction of sp³-hybridized carbons (Fsp3) is 0.538. The van der Waals surface area contributed by atoms with Crippen molar-refractivity contribution in [1.82, 2.24) is 5.32 Å². The predicted molar refractivity (Wildman–Crippen MR) is 71.7 cm³/mol. The molecule has 0 heterocycles. The first-order valence-corrected chi connectivity index (χ1v) is 6.60. The number of hydrogen-bond donors (Lipinski definition) is 1. The van der Waals surface area contributed by atoms with Gasteiger partial charge in [-0.05, 0) is 31.0 Å². The Bertz CT molecular complexity index is 304. The summed E-state index contributed by atoms with van der Waals surface area (Å²) >= 11 is 3.48. The van der Waals surface area contributed by atoms with Crippen molar-refractivity contribution in [3.63, 3.8) is 0 Å². The lowest BCUT2D eigenvalue weighted by atomic mass is 10.1. The van der Waals surface area contributed by atoms with Crippen molar-refractivity contribution in [3.8, 4) is 0 Å². The van der Waals surface area contributed by atoms with Crippen molar-refractivity contribution in [1.29, 1.82) is 0 Å². The van der Waals surface area contributed by atoms with Crippen LogP contribution < -0.4 is 5.32 Å². The summed E-state index contributed by atoms with van der Waals surface area (Å²) in [5.74, 6) is 0. The molecule has 1 aromatic rings. The van der Waals surface area contributed by atoms with Crippen LogP contribution in [-0.4, -0.2) is 19.8 Å². The van der Waals surface area contributed by atoms with Gasteiger partial charge in [-0.2, -0.15) is 0 Å². The van der Waals surface area contributed by atoms with E-state index in [-0.39, 0.29) is 0 Å². The maximum Gasteiger partial charge on any atom is 0.0591 e. The van der Waals surface area contributed by atoms with E-state index < -0.39 is 0 Å². The van der Waals surface area contributed by atoms with Gasteiger partial charge < -0.3 is 10.1 Å². The molecule has 0 aliphatic rings. The molecule has 1 aromatic carbocycles. The molecule has 0 radical (unpaired) electrons. The third kappa shape index (κ3) is 5.10. The van der Waals surface area contributed by atoms with Crippen molar-refractivity contribution in [3.05, 3.63) is 34.3 Å². The Balaban J connectivity index is 2.27. The van der Waals surface area contributed by atoms with Crippen LogP contribution in [0.4, 0.5) is 0 Å². The third-order valence-electron chi connectivity index (χ3n) is 2.39. The van der Waals surface area contributed by atoms with Crippen molar-refractivity contribution < 1.29 is 4.74 Å². The molecule has 0 aliphatic carbocycles. The zero-order valence-electron chi connectivity index (χ0n) is 10.0. The Hall–Kier alpha value is -0.380. The summed E-state index contributed by atoms with van der Waals surface area (Å²) in [7, 11) is 0. The zero-order chi connectivity index (χ0) is 11.8. The predicted octanol–water partition coefficient (Wildman–Crippen LogP) is 3.53. The number of nitrogens with one attached hydrogen (secondary N) is 1. The van der Waals surface area contributed by atoms with Gasteiger partial charge in [-0.15, -0.1) is 0 Å². The fourth-order valence-electron chi connectivity index (χ4n) is 1.49. The highest BCUT2D eigenvalue weighted by Gasteiger charge is 2.03. The van der Waals surface area contributed by atoms with Crippen LogP contribution in [0.3, 0.4) is 0 Å². The van der Waals surface area contributed by atoms with Gasteiger partial charge in [0.2, 0.25) is 0 Å². The molecule has 0 amide bonds. The van der Waals surface area contributed by atoms with E-state index in [2.05, 4.69) is 53.3 Å². The summed E-state index contributed by atoms with van der Waals surface area (Å²) in [5.41, 5.74) is 1.30. The molecule has 2 nitrogen and oxygen atoms in total. The van der Waals surface area contributed by atoms with Gasteiger partial charge in [-0.25, -0.2) is 0 Å². The molecule has 0 saturated heterocycles. The topological polar surface area (TPSA) is 21.3 Å². The second-order valence-corrected chi connectivity index (χ2v) is 4.76. The third-order valence-corrected chi connectivity index (χ3v) is 2.89. The standard InChI is InChI=1S/C13H20BrNO/c1-3-8-16-9-7-15-11(2)12-5-4-6-13(14)10-12/h4-6,10-11,15H,3,7-9H2,1-2H3/t11-/m0/s1. The van der Waals surface area contributed by atoms with Crippen LogP contribution in [0.25, 0.3) is 0 Å². The van der Waals surface area contributed by atoms with Crippen molar-refractivity contribution >= 4 is 15.9 Å². The summed E-state index contributed by atoms with van der Waals surface area (Å²) in [5, 5.41) is 3.44. The molecule has 0 saturated carbocycles. The Morgan fingerprint density at radius 3 is 2.88 bits per heavy atom. The first-order chi connectivity index (χ1) is 7.74. The summed E-state index contributed by atoms with van der Waals surface area (Å²) < 4.78 is 6.55. The lowest BCUT2D eigenvalue weighted by Gasteiger charge is -2.14. The minimum atomic E-state index is 0.364. The van der Waals surface area contributed by atoms with Crippen LogP contribution in [0.2, 0.25) is 0 Å². The first kappa shape index (κ1) is 13.7. The number of halogens is 1. The Kier molecular flexibility index (Phi) is 6.69. The largest absolute Gasteiger partial charge is 0.380 e. The number of hydrogen-bond acceptors (Lipinski definition) is 2. The summed E-state index contributed by atoms with van der Waals surface area (Å²) in [6, 6.07) is 8.74. The molecule has 90 valence electrons. The maximum absolute atomic E-state index is 5.42. The Morgan fingerprint density at radius 1 is 1.38 bits per heavy atom. The highest BCUT2D eigenvalue weighted by Crippen LogP contribution is 2.17. The van der Waals surface area contributed by atoms with Crippen LogP contribution in [0.15, 0.2) is 28.7 Å². The lowest BCUT2D eigenvalue weighted by Crippen LogP contribution is -2.23. The van der Waals surface area contributed by atoms with Gasteiger partial charge in [0, 0.05) is 23.7 Å². The van der Waals surface area contributed by atoms with Crippen molar-refractivity contribution in [2.75, 3.05) is 19.8 Å². The van der Waals surface area contributed by atoms with E-state index in [0.29, 0.717) is 6.04 Å².